The molecule has 1 amide bonds. The maximum Gasteiger partial charge on any atom is 0.411 e. The van der Waals surface area contributed by atoms with Crippen molar-refractivity contribution in [1.29, 1.82) is 0 Å². The second-order valence-electron chi connectivity index (χ2n) is 6.77. The summed E-state index contributed by atoms with van der Waals surface area (Å²) in [7, 11) is 1.22. The molecule has 0 radical (unpaired) electrons. The quantitative estimate of drug-likeness (QED) is 0.579. The van der Waals surface area contributed by atoms with Crippen molar-refractivity contribution in [2.75, 3.05) is 20.3 Å². The summed E-state index contributed by atoms with van der Waals surface area (Å²) in [6.45, 7) is 8.51. The molecule has 1 fully saturated rings. The highest BCUT2D eigenvalue weighted by molar-refractivity contribution is 5.83. The molecule has 0 aromatic heterocycles. The van der Waals surface area contributed by atoms with Crippen LogP contribution in [0, 0.1) is 5.41 Å². The summed E-state index contributed by atoms with van der Waals surface area (Å²) in [5.41, 5.74) is -1.77. The zero-order chi connectivity index (χ0) is 17.8. The largest absolute Gasteiger partial charge is 0.467 e. The number of β-amino-alcohol motifs (C(OH)–C–C–N with tert-alkyl or cyclic N) is 1. The highest BCUT2D eigenvalue weighted by Crippen LogP contribution is 2.44. The van der Waals surface area contributed by atoms with E-state index in [4.69, 9.17) is 9.47 Å². The molecule has 7 heteroatoms. The van der Waals surface area contributed by atoms with Crippen LogP contribution in [0.5, 0.6) is 0 Å². The Labute approximate surface area is 136 Å². The monoisotopic (exact) mass is 329 g/mol. The Bertz CT molecular complexity index is 458. The van der Waals surface area contributed by atoms with Crippen LogP contribution < -0.4 is 0 Å². The first-order valence-corrected chi connectivity index (χ1v) is 7.60. The van der Waals surface area contributed by atoms with Crippen molar-refractivity contribution >= 4 is 12.1 Å². The minimum absolute atomic E-state index is 0.0669. The lowest BCUT2D eigenvalue weighted by atomic mass is 9.73. The van der Waals surface area contributed by atoms with E-state index in [9.17, 15) is 19.8 Å². The Hall–Kier alpha value is -1.60. The van der Waals surface area contributed by atoms with E-state index in [-0.39, 0.29) is 26.0 Å². The molecule has 1 rings (SSSR count). The molecule has 0 aromatic rings. The third-order valence-corrected chi connectivity index (χ3v) is 4.04. The van der Waals surface area contributed by atoms with Gasteiger partial charge in [-0.25, -0.2) is 9.59 Å². The number of hydrogen-bond donors (Lipinski definition) is 2. The number of ether oxygens (including phenoxy) is 2. The Morgan fingerprint density at radius 3 is 2.48 bits per heavy atom. The number of aliphatic hydroxyl groups excluding tert-OH is 2. The fourth-order valence-corrected chi connectivity index (χ4v) is 3.07. The third kappa shape index (κ3) is 4.03. The van der Waals surface area contributed by atoms with Crippen molar-refractivity contribution < 1.29 is 29.3 Å². The van der Waals surface area contributed by atoms with E-state index < -0.39 is 35.2 Å². The summed E-state index contributed by atoms with van der Waals surface area (Å²) in [4.78, 5) is 25.9. The van der Waals surface area contributed by atoms with Gasteiger partial charge in [0, 0.05) is 12.0 Å². The van der Waals surface area contributed by atoms with Crippen LogP contribution in [-0.4, -0.2) is 65.2 Å². The molecule has 23 heavy (non-hydrogen) atoms. The summed E-state index contributed by atoms with van der Waals surface area (Å²) in [5.74, 6) is -0.650. The number of esters is 1. The van der Waals surface area contributed by atoms with Gasteiger partial charge in [0.1, 0.15) is 11.6 Å². The smallest absolute Gasteiger partial charge is 0.411 e. The molecule has 0 aromatic carbocycles. The van der Waals surface area contributed by atoms with E-state index in [0.717, 1.165) is 0 Å². The van der Waals surface area contributed by atoms with Gasteiger partial charge in [-0.2, -0.15) is 0 Å². The lowest BCUT2D eigenvalue weighted by Crippen LogP contribution is -2.51. The summed E-state index contributed by atoms with van der Waals surface area (Å²) in [6, 6.07) is -1.04. The minimum Gasteiger partial charge on any atom is -0.467 e. The highest BCUT2D eigenvalue weighted by atomic mass is 16.6. The van der Waals surface area contributed by atoms with Gasteiger partial charge in [-0.3, -0.25) is 4.90 Å². The van der Waals surface area contributed by atoms with Gasteiger partial charge in [-0.05, 0) is 33.6 Å². The van der Waals surface area contributed by atoms with Crippen LogP contribution in [-0.2, 0) is 14.3 Å². The van der Waals surface area contributed by atoms with Crippen LogP contribution in [0.3, 0.4) is 0 Å². The summed E-state index contributed by atoms with van der Waals surface area (Å²) in [6.07, 6.45) is 0.264. The number of rotatable bonds is 5. The highest BCUT2D eigenvalue weighted by Gasteiger charge is 2.58. The first kappa shape index (κ1) is 19.4. The van der Waals surface area contributed by atoms with Gasteiger partial charge in [-0.15, -0.1) is 6.58 Å². The molecule has 0 unspecified atom stereocenters. The first-order chi connectivity index (χ1) is 10.6. The summed E-state index contributed by atoms with van der Waals surface area (Å²) >= 11 is 0. The number of carbonyl (C=O) groups excluding carboxylic acids is 2. The average Bonchev–Trinajstić information content (AvgIpc) is 2.71. The fourth-order valence-electron chi connectivity index (χ4n) is 3.07. The molecule has 0 spiro atoms. The molecule has 0 bridgehead atoms. The molecule has 1 saturated heterocycles. The second kappa shape index (κ2) is 7.31. The van der Waals surface area contributed by atoms with Gasteiger partial charge >= 0.3 is 12.1 Å². The Morgan fingerprint density at radius 1 is 1.43 bits per heavy atom. The zero-order valence-corrected chi connectivity index (χ0v) is 14.2. The second-order valence-corrected chi connectivity index (χ2v) is 6.77. The van der Waals surface area contributed by atoms with Gasteiger partial charge in [0.2, 0.25) is 0 Å². The van der Waals surface area contributed by atoms with Gasteiger partial charge < -0.3 is 19.7 Å². The van der Waals surface area contributed by atoms with Crippen molar-refractivity contribution in [3.05, 3.63) is 12.7 Å². The molecular formula is C16H27NO6. The number of carbonyl (C=O) groups is 2. The first-order valence-electron chi connectivity index (χ1n) is 7.60. The summed E-state index contributed by atoms with van der Waals surface area (Å²) in [5, 5.41) is 19.9. The molecular weight excluding hydrogens is 302 g/mol. The SMILES string of the molecule is C=CC[C@]1(CCO)[C@@H](O)CN(C(=O)OC(C)(C)C)[C@@H]1C(=O)OC. The zero-order valence-electron chi connectivity index (χ0n) is 14.2. The van der Waals surface area contributed by atoms with Crippen LogP contribution in [0.4, 0.5) is 4.79 Å². The van der Waals surface area contributed by atoms with E-state index in [0.29, 0.717) is 0 Å². The van der Waals surface area contributed by atoms with E-state index in [1.165, 1.54) is 12.0 Å². The van der Waals surface area contributed by atoms with Gasteiger partial charge in [0.05, 0.1) is 19.8 Å². The maximum absolute atomic E-state index is 12.4. The fraction of sp³-hybridized carbons (Fsp3) is 0.750. The topological polar surface area (TPSA) is 96.3 Å². The number of methoxy groups -OCH3 is 1. The Morgan fingerprint density at radius 2 is 2.04 bits per heavy atom. The van der Waals surface area contributed by atoms with Crippen LogP contribution in [0.2, 0.25) is 0 Å². The van der Waals surface area contributed by atoms with E-state index in [2.05, 4.69) is 6.58 Å². The molecule has 132 valence electrons. The van der Waals surface area contributed by atoms with Crippen molar-refractivity contribution in [2.24, 2.45) is 5.41 Å². The number of allylic oxidation sites excluding steroid dienone is 1. The lowest BCUT2D eigenvalue weighted by molar-refractivity contribution is -0.151. The van der Waals surface area contributed by atoms with E-state index in [1.54, 1.807) is 26.8 Å². The molecule has 7 nitrogen and oxygen atoms in total. The van der Waals surface area contributed by atoms with Crippen molar-refractivity contribution in [3.63, 3.8) is 0 Å². The molecule has 0 saturated carbocycles. The standard InChI is InChI=1S/C16H27NO6/c1-6-7-16(8-9-18)11(19)10-17(12(16)13(20)22-5)14(21)23-15(2,3)4/h6,11-12,18-19H,1,7-10H2,2-5H3/t11-,12+,16-/m0/s1. The van der Waals surface area contributed by atoms with Crippen LogP contribution >= 0.6 is 0 Å². The van der Waals surface area contributed by atoms with Crippen LogP contribution in [0.25, 0.3) is 0 Å². The van der Waals surface area contributed by atoms with E-state index in [1.807, 2.05) is 0 Å². The van der Waals surface area contributed by atoms with E-state index >= 15 is 0 Å². The number of likely N-dealkylation sites (tertiary alicyclic amines) is 1. The molecule has 1 aliphatic heterocycles. The van der Waals surface area contributed by atoms with Gasteiger partial charge in [0.25, 0.3) is 0 Å². The lowest BCUT2D eigenvalue weighted by Gasteiger charge is -2.36. The van der Waals surface area contributed by atoms with Crippen molar-refractivity contribution in [3.8, 4) is 0 Å². The van der Waals surface area contributed by atoms with Gasteiger partial charge in [-0.1, -0.05) is 6.08 Å². The number of nitrogens with zero attached hydrogens (tertiary/aromatic N) is 1. The van der Waals surface area contributed by atoms with Crippen LogP contribution in [0.15, 0.2) is 12.7 Å². The Balaban J connectivity index is 3.24. The third-order valence-electron chi connectivity index (χ3n) is 4.04. The average molecular weight is 329 g/mol. The molecule has 1 aliphatic rings. The summed E-state index contributed by atoms with van der Waals surface area (Å²) < 4.78 is 10.1. The van der Waals surface area contributed by atoms with Gasteiger partial charge in [0.15, 0.2) is 0 Å². The molecule has 3 atom stereocenters. The normalized spacial score (nSPS) is 27.7. The maximum atomic E-state index is 12.4. The predicted octanol–water partition coefficient (Wildman–Crippen LogP) is 1.08. The molecule has 2 N–H and O–H groups in total. The number of amides is 1. The number of hydrogen-bond acceptors (Lipinski definition) is 6. The molecule has 1 heterocycles. The number of aliphatic hydroxyl groups is 2. The van der Waals surface area contributed by atoms with Crippen LogP contribution in [0.1, 0.15) is 33.6 Å². The predicted molar refractivity (Wildman–Crippen MR) is 83.7 cm³/mol. The molecule has 0 aliphatic carbocycles. The minimum atomic E-state index is -1.04. The Kier molecular flexibility index (Phi) is 6.18. The van der Waals surface area contributed by atoms with Crippen molar-refractivity contribution in [2.45, 2.75) is 51.4 Å². The van der Waals surface area contributed by atoms with Crippen molar-refractivity contribution in [1.82, 2.24) is 4.90 Å².